The Bertz CT molecular complexity index is 822. The van der Waals surface area contributed by atoms with E-state index in [0.29, 0.717) is 19.6 Å². The SMILES string of the molecule is CCNC(=NCc1cccc(N2CC=CC2)c1)N1CCS(=O)(=O)C(C)(C)C1. The van der Waals surface area contributed by atoms with Crippen molar-refractivity contribution in [2.24, 2.45) is 4.99 Å². The highest BCUT2D eigenvalue weighted by Gasteiger charge is 2.40. The molecule has 1 aromatic carbocycles. The zero-order chi connectivity index (χ0) is 19.5. The third-order valence-electron chi connectivity index (χ3n) is 5.18. The van der Waals surface area contributed by atoms with Crippen molar-refractivity contribution in [2.45, 2.75) is 32.1 Å². The second kappa shape index (κ2) is 7.92. The van der Waals surface area contributed by atoms with Gasteiger partial charge in [0, 0.05) is 38.4 Å². The summed E-state index contributed by atoms with van der Waals surface area (Å²) in [6.07, 6.45) is 4.36. The number of guanidine groups is 1. The van der Waals surface area contributed by atoms with Crippen molar-refractivity contribution in [1.82, 2.24) is 10.2 Å². The smallest absolute Gasteiger partial charge is 0.194 e. The Labute approximate surface area is 162 Å². The van der Waals surface area contributed by atoms with E-state index in [1.165, 1.54) is 5.69 Å². The lowest BCUT2D eigenvalue weighted by molar-refractivity contribution is 0.353. The number of sulfone groups is 1. The summed E-state index contributed by atoms with van der Waals surface area (Å²) in [5, 5.41) is 3.32. The Balaban J connectivity index is 1.74. The fourth-order valence-corrected chi connectivity index (χ4v) is 4.82. The van der Waals surface area contributed by atoms with Crippen LogP contribution in [-0.4, -0.2) is 62.5 Å². The van der Waals surface area contributed by atoms with Gasteiger partial charge in [-0.3, -0.25) is 0 Å². The van der Waals surface area contributed by atoms with Gasteiger partial charge in [0.1, 0.15) is 0 Å². The summed E-state index contributed by atoms with van der Waals surface area (Å²) in [6, 6.07) is 8.47. The van der Waals surface area contributed by atoms with Gasteiger partial charge in [-0.05, 0) is 38.5 Å². The van der Waals surface area contributed by atoms with Crippen molar-refractivity contribution >= 4 is 21.5 Å². The van der Waals surface area contributed by atoms with Gasteiger partial charge < -0.3 is 15.1 Å². The van der Waals surface area contributed by atoms with Gasteiger partial charge in [-0.2, -0.15) is 0 Å². The minimum Gasteiger partial charge on any atom is -0.364 e. The van der Waals surface area contributed by atoms with Gasteiger partial charge >= 0.3 is 0 Å². The fourth-order valence-electron chi connectivity index (χ4n) is 3.46. The van der Waals surface area contributed by atoms with Crippen LogP contribution in [0.1, 0.15) is 26.3 Å². The lowest BCUT2D eigenvalue weighted by atomic mass is 10.2. The summed E-state index contributed by atoms with van der Waals surface area (Å²) in [7, 11) is -3.06. The predicted octanol–water partition coefficient (Wildman–Crippen LogP) is 2.04. The molecular weight excluding hydrogens is 360 g/mol. The topological polar surface area (TPSA) is 65.0 Å². The van der Waals surface area contributed by atoms with E-state index in [9.17, 15) is 8.42 Å². The van der Waals surface area contributed by atoms with E-state index in [1.807, 2.05) is 6.92 Å². The van der Waals surface area contributed by atoms with Crippen molar-refractivity contribution in [1.29, 1.82) is 0 Å². The van der Waals surface area contributed by atoms with Crippen molar-refractivity contribution in [3.05, 3.63) is 42.0 Å². The lowest BCUT2D eigenvalue weighted by Gasteiger charge is -2.39. The molecule has 0 aliphatic carbocycles. The van der Waals surface area contributed by atoms with Gasteiger partial charge in [0.2, 0.25) is 0 Å². The standard InChI is InChI=1S/C20H30N4O2S/c1-4-21-19(24-12-13-27(25,26)20(2,3)16-24)22-15-17-8-7-9-18(14-17)23-10-5-6-11-23/h5-9,14H,4,10-13,15-16H2,1-3H3,(H,21,22). The van der Waals surface area contributed by atoms with Gasteiger partial charge in [0.05, 0.1) is 17.0 Å². The maximum Gasteiger partial charge on any atom is 0.194 e. The number of nitrogens with zero attached hydrogens (tertiary/aromatic N) is 3. The molecule has 2 heterocycles. The van der Waals surface area contributed by atoms with Crippen molar-refractivity contribution < 1.29 is 8.42 Å². The molecule has 6 nitrogen and oxygen atoms in total. The minimum atomic E-state index is -3.06. The van der Waals surface area contributed by atoms with Gasteiger partial charge in [-0.25, -0.2) is 13.4 Å². The number of hydrogen-bond donors (Lipinski definition) is 1. The van der Waals surface area contributed by atoms with E-state index in [4.69, 9.17) is 4.99 Å². The molecule has 0 saturated carbocycles. The molecule has 27 heavy (non-hydrogen) atoms. The maximum atomic E-state index is 12.3. The highest BCUT2D eigenvalue weighted by molar-refractivity contribution is 7.92. The zero-order valence-corrected chi connectivity index (χ0v) is 17.3. The first kappa shape index (κ1) is 19.7. The fraction of sp³-hybridized carbons (Fsp3) is 0.550. The van der Waals surface area contributed by atoms with Crippen molar-refractivity contribution in [2.75, 3.05) is 43.4 Å². The van der Waals surface area contributed by atoms with E-state index in [1.54, 1.807) is 13.8 Å². The number of nitrogens with one attached hydrogen (secondary N) is 1. The molecule has 1 N–H and O–H groups in total. The number of rotatable bonds is 4. The zero-order valence-electron chi connectivity index (χ0n) is 16.5. The van der Waals surface area contributed by atoms with Gasteiger partial charge in [-0.15, -0.1) is 0 Å². The Hall–Kier alpha value is -2.02. The van der Waals surface area contributed by atoms with E-state index in [2.05, 4.69) is 51.5 Å². The van der Waals surface area contributed by atoms with Gasteiger partial charge in [0.15, 0.2) is 15.8 Å². The van der Waals surface area contributed by atoms with Crippen LogP contribution in [0.2, 0.25) is 0 Å². The van der Waals surface area contributed by atoms with Crippen LogP contribution in [0.25, 0.3) is 0 Å². The van der Waals surface area contributed by atoms with Gasteiger partial charge in [-0.1, -0.05) is 24.3 Å². The molecule has 2 aliphatic rings. The summed E-state index contributed by atoms with van der Waals surface area (Å²) in [5.74, 6) is 0.954. The molecule has 0 unspecified atom stereocenters. The van der Waals surface area contributed by atoms with Crippen LogP contribution in [0.5, 0.6) is 0 Å². The predicted molar refractivity (Wildman–Crippen MR) is 112 cm³/mol. The molecule has 0 amide bonds. The summed E-state index contributed by atoms with van der Waals surface area (Å²) < 4.78 is 23.8. The highest BCUT2D eigenvalue weighted by Crippen LogP contribution is 2.24. The first-order chi connectivity index (χ1) is 12.8. The summed E-state index contributed by atoms with van der Waals surface area (Å²) >= 11 is 0. The van der Waals surface area contributed by atoms with Crippen LogP contribution in [-0.2, 0) is 16.4 Å². The Kier molecular flexibility index (Phi) is 5.79. The monoisotopic (exact) mass is 390 g/mol. The molecule has 0 bridgehead atoms. The first-order valence-electron chi connectivity index (χ1n) is 9.57. The lowest BCUT2D eigenvalue weighted by Crippen LogP contribution is -2.57. The Morgan fingerprint density at radius 1 is 1.26 bits per heavy atom. The third kappa shape index (κ3) is 4.46. The normalized spacial score (nSPS) is 21.5. The summed E-state index contributed by atoms with van der Waals surface area (Å²) in [6.45, 7) is 9.79. The number of hydrogen-bond acceptors (Lipinski definition) is 4. The molecule has 0 atom stereocenters. The van der Waals surface area contributed by atoms with Crippen LogP contribution < -0.4 is 10.2 Å². The molecule has 1 aromatic rings. The molecule has 1 fully saturated rings. The highest BCUT2D eigenvalue weighted by atomic mass is 32.2. The Morgan fingerprint density at radius 3 is 2.67 bits per heavy atom. The average Bonchev–Trinajstić information content (AvgIpc) is 3.16. The third-order valence-corrected chi connectivity index (χ3v) is 7.72. The van der Waals surface area contributed by atoms with Gasteiger partial charge in [0.25, 0.3) is 0 Å². The van der Waals surface area contributed by atoms with Crippen LogP contribution in [0, 0.1) is 0 Å². The van der Waals surface area contributed by atoms with E-state index in [-0.39, 0.29) is 5.75 Å². The number of aliphatic imine (C=N–C) groups is 1. The average molecular weight is 391 g/mol. The van der Waals surface area contributed by atoms with E-state index in [0.717, 1.165) is 31.2 Å². The quantitative estimate of drug-likeness (QED) is 0.484. The van der Waals surface area contributed by atoms with Crippen molar-refractivity contribution in [3.8, 4) is 0 Å². The second-order valence-corrected chi connectivity index (χ2v) is 10.5. The van der Waals surface area contributed by atoms with Crippen LogP contribution in [0.15, 0.2) is 41.4 Å². The molecular formula is C20H30N4O2S. The largest absolute Gasteiger partial charge is 0.364 e. The van der Waals surface area contributed by atoms with Crippen molar-refractivity contribution in [3.63, 3.8) is 0 Å². The molecule has 1 saturated heterocycles. The summed E-state index contributed by atoms with van der Waals surface area (Å²) in [4.78, 5) is 9.18. The molecule has 2 aliphatic heterocycles. The van der Waals surface area contributed by atoms with E-state index >= 15 is 0 Å². The minimum absolute atomic E-state index is 0.169. The molecule has 7 heteroatoms. The second-order valence-electron chi connectivity index (χ2n) is 7.72. The summed E-state index contributed by atoms with van der Waals surface area (Å²) in [5.41, 5.74) is 2.36. The molecule has 148 valence electrons. The van der Waals surface area contributed by atoms with Crippen LogP contribution in [0.4, 0.5) is 5.69 Å². The molecule has 0 aromatic heterocycles. The first-order valence-corrected chi connectivity index (χ1v) is 11.2. The molecule has 3 rings (SSSR count). The maximum absolute atomic E-state index is 12.3. The van der Waals surface area contributed by atoms with Crippen LogP contribution >= 0.6 is 0 Å². The molecule has 0 spiro atoms. The number of anilines is 1. The van der Waals surface area contributed by atoms with E-state index < -0.39 is 14.6 Å². The Morgan fingerprint density at radius 2 is 2.00 bits per heavy atom. The number of benzene rings is 1. The van der Waals surface area contributed by atoms with Crippen LogP contribution in [0.3, 0.4) is 0 Å². The molecule has 0 radical (unpaired) electrons.